The Kier molecular flexibility index (Phi) is 8.22. The van der Waals surface area contributed by atoms with Gasteiger partial charge in [-0.15, -0.1) is 0 Å². The molecule has 3 aromatic rings. The zero-order chi connectivity index (χ0) is 24.8. The Labute approximate surface area is 201 Å². The molecule has 0 spiro atoms. The van der Waals surface area contributed by atoms with Crippen molar-refractivity contribution in [2.45, 2.75) is 39.8 Å². The minimum Gasteiger partial charge on any atom is -0.457 e. The molecule has 1 heterocycles. The van der Waals surface area contributed by atoms with Crippen LogP contribution in [0.5, 0.6) is 11.5 Å². The number of carbonyl (C=O) groups is 1. The van der Waals surface area contributed by atoms with Gasteiger partial charge in [0, 0.05) is 18.3 Å². The Morgan fingerprint density at radius 1 is 1.21 bits per heavy atom. The molecule has 7 nitrogen and oxygen atoms in total. The van der Waals surface area contributed by atoms with Crippen molar-refractivity contribution in [1.82, 2.24) is 15.1 Å². The summed E-state index contributed by atoms with van der Waals surface area (Å²) in [6, 6.07) is 10.4. The summed E-state index contributed by atoms with van der Waals surface area (Å²) in [4.78, 5) is 17.7. The summed E-state index contributed by atoms with van der Waals surface area (Å²) in [6.45, 7) is 5.76. The summed E-state index contributed by atoms with van der Waals surface area (Å²) >= 11 is 5.90. The second kappa shape index (κ2) is 11.1. The number of hydrogen-bond donors (Lipinski definition) is 1. The number of nitrogens with zero attached hydrogens (tertiary/aromatic N) is 3. The summed E-state index contributed by atoms with van der Waals surface area (Å²) in [5.74, 6) is 0.713. The Bertz CT molecular complexity index is 1160. The lowest BCUT2D eigenvalue weighted by atomic mass is 10.0. The van der Waals surface area contributed by atoms with Crippen LogP contribution >= 0.6 is 11.6 Å². The third-order valence-electron chi connectivity index (χ3n) is 4.95. The summed E-state index contributed by atoms with van der Waals surface area (Å²) < 4.78 is 33.2. The standard InChI is InChI=1S/C24H25ClF2N4O3/c1-14-9-19(34-18-7-5-17(25)6-8-18)10-15(2)21(14)13-33-28-11-16(3)29-24(32)20-12-31(4)30-22(20)23(26)27/h5-12,16,23H,13H2,1-4H3,(H,29,32)/b28-11+. The molecule has 2 aromatic carbocycles. The first-order valence-electron chi connectivity index (χ1n) is 10.5. The van der Waals surface area contributed by atoms with Crippen LogP contribution in [-0.2, 0) is 18.5 Å². The normalized spacial score (nSPS) is 12.2. The Morgan fingerprint density at radius 3 is 2.47 bits per heavy atom. The van der Waals surface area contributed by atoms with Gasteiger partial charge in [-0.25, -0.2) is 8.78 Å². The molecule has 1 unspecified atom stereocenters. The molecule has 180 valence electrons. The first kappa shape index (κ1) is 25.2. The van der Waals surface area contributed by atoms with Crippen LogP contribution in [0.3, 0.4) is 0 Å². The van der Waals surface area contributed by atoms with Crippen LogP contribution in [0.15, 0.2) is 47.8 Å². The van der Waals surface area contributed by atoms with E-state index in [1.54, 1.807) is 31.2 Å². The highest BCUT2D eigenvalue weighted by atomic mass is 35.5. The monoisotopic (exact) mass is 490 g/mol. The minimum atomic E-state index is -2.84. The molecule has 3 rings (SSSR count). The van der Waals surface area contributed by atoms with Crippen LogP contribution in [0.2, 0.25) is 5.02 Å². The number of halogens is 3. The van der Waals surface area contributed by atoms with Gasteiger partial charge in [-0.2, -0.15) is 5.10 Å². The first-order chi connectivity index (χ1) is 16.1. The highest BCUT2D eigenvalue weighted by Gasteiger charge is 2.23. The number of amides is 1. The van der Waals surface area contributed by atoms with Crippen LogP contribution in [0.1, 0.15) is 46.1 Å². The van der Waals surface area contributed by atoms with Gasteiger partial charge in [0.2, 0.25) is 0 Å². The number of ether oxygens (including phenoxy) is 1. The summed E-state index contributed by atoms with van der Waals surface area (Å²) in [5, 5.41) is 10.8. The van der Waals surface area contributed by atoms with Crippen LogP contribution in [-0.4, -0.2) is 27.9 Å². The zero-order valence-electron chi connectivity index (χ0n) is 19.2. The molecule has 0 aliphatic heterocycles. The number of rotatable bonds is 9. The largest absolute Gasteiger partial charge is 0.457 e. The van der Waals surface area contributed by atoms with Crippen LogP contribution in [0.4, 0.5) is 8.78 Å². The van der Waals surface area contributed by atoms with Crippen molar-refractivity contribution >= 4 is 23.7 Å². The molecule has 1 N–H and O–H groups in total. The summed E-state index contributed by atoms with van der Waals surface area (Å²) in [5.41, 5.74) is 2.16. The maximum absolute atomic E-state index is 13.0. The molecule has 10 heteroatoms. The van der Waals surface area contributed by atoms with Gasteiger partial charge in [-0.05, 0) is 73.9 Å². The van der Waals surface area contributed by atoms with Crippen molar-refractivity contribution in [2.75, 3.05) is 0 Å². The van der Waals surface area contributed by atoms with Crippen molar-refractivity contribution in [3.63, 3.8) is 0 Å². The van der Waals surface area contributed by atoms with E-state index in [-0.39, 0.29) is 12.2 Å². The molecule has 0 saturated carbocycles. The van der Waals surface area contributed by atoms with Crippen LogP contribution in [0, 0.1) is 13.8 Å². The average Bonchev–Trinajstić information content (AvgIpc) is 3.16. The molecule has 0 fully saturated rings. The molecule has 0 bridgehead atoms. The SMILES string of the molecule is Cc1cc(Oc2ccc(Cl)cc2)cc(C)c1CO/N=C/C(C)NC(=O)c1cn(C)nc1C(F)F. The lowest BCUT2D eigenvalue weighted by molar-refractivity contribution is 0.0933. The van der Waals surface area contributed by atoms with Crippen LogP contribution < -0.4 is 10.1 Å². The van der Waals surface area contributed by atoms with Crippen molar-refractivity contribution < 1.29 is 23.1 Å². The van der Waals surface area contributed by atoms with Crippen molar-refractivity contribution in [3.8, 4) is 11.5 Å². The second-order valence-corrected chi connectivity index (χ2v) is 8.22. The van der Waals surface area contributed by atoms with E-state index < -0.39 is 24.1 Å². The lowest BCUT2D eigenvalue weighted by Gasteiger charge is -2.13. The van der Waals surface area contributed by atoms with E-state index in [9.17, 15) is 13.6 Å². The fraction of sp³-hybridized carbons (Fsp3) is 0.292. The predicted molar refractivity (Wildman–Crippen MR) is 126 cm³/mol. The minimum absolute atomic E-state index is 0.175. The van der Waals surface area contributed by atoms with E-state index in [2.05, 4.69) is 15.6 Å². The maximum atomic E-state index is 13.0. The number of aryl methyl sites for hydroxylation is 3. The van der Waals surface area contributed by atoms with Gasteiger partial charge in [0.25, 0.3) is 12.3 Å². The average molecular weight is 491 g/mol. The van der Waals surface area contributed by atoms with Gasteiger partial charge in [0.1, 0.15) is 23.8 Å². The topological polar surface area (TPSA) is 77.7 Å². The van der Waals surface area contributed by atoms with E-state index >= 15 is 0 Å². The van der Waals surface area contributed by atoms with Crippen molar-refractivity contribution in [3.05, 3.63) is 75.6 Å². The third kappa shape index (κ3) is 6.54. The Hall–Kier alpha value is -3.46. The van der Waals surface area contributed by atoms with E-state index in [0.29, 0.717) is 16.5 Å². The Morgan fingerprint density at radius 2 is 1.85 bits per heavy atom. The van der Waals surface area contributed by atoms with Crippen molar-refractivity contribution in [1.29, 1.82) is 0 Å². The van der Waals surface area contributed by atoms with E-state index in [0.717, 1.165) is 16.7 Å². The van der Waals surface area contributed by atoms with Gasteiger partial charge in [0.15, 0.2) is 0 Å². The first-order valence-corrected chi connectivity index (χ1v) is 10.8. The molecular weight excluding hydrogens is 466 g/mol. The third-order valence-corrected chi connectivity index (χ3v) is 5.21. The maximum Gasteiger partial charge on any atom is 0.282 e. The second-order valence-electron chi connectivity index (χ2n) is 7.78. The number of hydrogen-bond acceptors (Lipinski definition) is 5. The number of nitrogens with one attached hydrogen (secondary N) is 1. The number of aromatic nitrogens is 2. The van der Waals surface area contributed by atoms with Gasteiger partial charge in [-0.3, -0.25) is 9.48 Å². The highest BCUT2D eigenvalue weighted by molar-refractivity contribution is 6.30. The molecule has 1 atom stereocenters. The highest BCUT2D eigenvalue weighted by Crippen LogP contribution is 2.28. The van der Waals surface area contributed by atoms with Crippen LogP contribution in [0.25, 0.3) is 0 Å². The molecule has 0 saturated heterocycles. The van der Waals surface area contributed by atoms with Crippen molar-refractivity contribution in [2.24, 2.45) is 12.2 Å². The number of oxime groups is 1. The Balaban J connectivity index is 1.55. The van der Waals surface area contributed by atoms with Gasteiger partial charge in [-0.1, -0.05) is 16.8 Å². The van der Waals surface area contributed by atoms with Gasteiger partial charge >= 0.3 is 0 Å². The quantitative estimate of drug-likeness (QED) is 0.306. The number of carbonyl (C=O) groups excluding carboxylic acids is 1. The van der Waals surface area contributed by atoms with Gasteiger partial charge < -0.3 is 14.9 Å². The summed E-state index contributed by atoms with van der Waals surface area (Å²) in [7, 11) is 1.47. The van der Waals surface area contributed by atoms with E-state index in [1.807, 2.05) is 26.0 Å². The molecule has 0 aliphatic carbocycles. The molecule has 0 aliphatic rings. The zero-order valence-corrected chi connectivity index (χ0v) is 19.9. The molecule has 34 heavy (non-hydrogen) atoms. The molecule has 1 aromatic heterocycles. The fourth-order valence-corrected chi connectivity index (χ4v) is 3.40. The summed E-state index contributed by atoms with van der Waals surface area (Å²) in [6.07, 6.45) is -0.203. The fourth-order valence-electron chi connectivity index (χ4n) is 3.28. The van der Waals surface area contributed by atoms with E-state index in [4.69, 9.17) is 21.2 Å². The molecular formula is C24H25ClF2N4O3. The number of alkyl halides is 2. The molecule has 0 radical (unpaired) electrons. The number of benzene rings is 2. The van der Waals surface area contributed by atoms with E-state index in [1.165, 1.54) is 24.1 Å². The molecule has 1 amide bonds. The predicted octanol–water partition coefficient (Wildman–Crippen LogP) is 5.74. The van der Waals surface area contributed by atoms with Gasteiger partial charge in [0.05, 0.1) is 17.8 Å². The smallest absolute Gasteiger partial charge is 0.282 e. The lowest BCUT2D eigenvalue weighted by Crippen LogP contribution is -2.34.